The fourth-order valence-electron chi connectivity index (χ4n) is 2.63. The first kappa shape index (κ1) is 15.8. The highest BCUT2D eigenvalue weighted by Gasteiger charge is 2.27. The number of carboxylic acid groups (broad SMARTS) is 1. The van der Waals surface area contributed by atoms with Gasteiger partial charge in [-0.2, -0.15) is 0 Å². The van der Waals surface area contributed by atoms with Crippen LogP contribution in [0.15, 0.2) is 22.7 Å². The fraction of sp³-hybridized carbons (Fsp3) is 0.467. The van der Waals surface area contributed by atoms with Crippen molar-refractivity contribution in [1.29, 1.82) is 0 Å². The average Bonchev–Trinajstić information content (AvgIpc) is 2.46. The summed E-state index contributed by atoms with van der Waals surface area (Å²) in [6.07, 6.45) is 1.81. The maximum Gasteiger partial charge on any atom is 0.303 e. The Morgan fingerprint density at radius 3 is 2.90 bits per heavy atom. The summed E-state index contributed by atoms with van der Waals surface area (Å²) in [6.45, 7) is 1.16. The van der Waals surface area contributed by atoms with Crippen LogP contribution in [-0.4, -0.2) is 42.1 Å². The van der Waals surface area contributed by atoms with Gasteiger partial charge in [0.25, 0.3) is 5.91 Å². The molecule has 1 heterocycles. The van der Waals surface area contributed by atoms with Crippen LogP contribution >= 0.6 is 15.9 Å². The first-order valence-corrected chi connectivity index (χ1v) is 7.65. The standard InChI is InChI=1S/C15H18BrNO4/c1-21-11-4-5-13(16)12(8-11)15(20)17-6-2-3-10(9-17)7-14(18)19/h4-5,8,10H,2-3,6-7,9H2,1H3,(H,18,19). The van der Waals surface area contributed by atoms with E-state index >= 15 is 0 Å². The van der Waals surface area contributed by atoms with E-state index < -0.39 is 5.97 Å². The Hall–Kier alpha value is -1.56. The zero-order valence-corrected chi connectivity index (χ0v) is 13.4. The smallest absolute Gasteiger partial charge is 0.303 e. The second-order valence-corrected chi connectivity index (χ2v) is 6.06. The highest BCUT2D eigenvalue weighted by Crippen LogP contribution is 2.26. The Morgan fingerprint density at radius 2 is 2.24 bits per heavy atom. The van der Waals surface area contributed by atoms with Crippen LogP contribution in [0, 0.1) is 5.92 Å². The molecule has 1 aliphatic rings. The number of benzene rings is 1. The van der Waals surface area contributed by atoms with Gasteiger partial charge in [-0.3, -0.25) is 9.59 Å². The molecule has 0 aliphatic carbocycles. The van der Waals surface area contributed by atoms with Gasteiger partial charge in [-0.25, -0.2) is 0 Å². The number of hydrogen-bond donors (Lipinski definition) is 1. The van der Waals surface area contributed by atoms with E-state index in [-0.39, 0.29) is 18.2 Å². The van der Waals surface area contributed by atoms with Crippen LogP contribution in [0.5, 0.6) is 5.75 Å². The Morgan fingerprint density at radius 1 is 1.48 bits per heavy atom. The zero-order chi connectivity index (χ0) is 15.4. The minimum atomic E-state index is -0.808. The third kappa shape index (κ3) is 3.97. The van der Waals surface area contributed by atoms with E-state index in [1.807, 2.05) is 0 Å². The average molecular weight is 356 g/mol. The van der Waals surface area contributed by atoms with Gasteiger partial charge >= 0.3 is 5.97 Å². The normalized spacial score (nSPS) is 18.4. The number of likely N-dealkylation sites (tertiary alicyclic amines) is 1. The third-order valence-electron chi connectivity index (χ3n) is 3.67. The lowest BCUT2D eigenvalue weighted by Crippen LogP contribution is -2.40. The summed E-state index contributed by atoms with van der Waals surface area (Å²) >= 11 is 3.39. The summed E-state index contributed by atoms with van der Waals surface area (Å²) in [5.41, 5.74) is 0.547. The molecule has 0 radical (unpaired) electrons. The molecule has 114 valence electrons. The van der Waals surface area contributed by atoms with Crippen LogP contribution in [0.1, 0.15) is 29.6 Å². The van der Waals surface area contributed by atoms with E-state index in [4.69, 9.17) is 9.84 Å². The number of hydrogen-bond acceptors (Lipinski definition) is 3. The maximum atomic E-state index is 12.6. The van der Waals surface area contributed by atoms with Gasteiger partial charge in [0.2, 0.25) is 0 Å². The third-order valence-corrected chi connectivity index (χ3v) is 4.36. The van der Waals surface area contributed by atoms with Gasteiger partial charge in [0.05, 0.1) is 12.7 Å². The zero-order valence-electron chi connectivity index (χ0n) is 11.8. The Bertz CT molecular complexity index is 546. The van der Waals surface area contributed by atoms with E-state index in [1.165, 1.54) is 0 Å². The summed E-state index contributed by atoms with van der Waals surface area (Å²) in [5, 5.41) is 8.89. The molecule has 1 aromatic carbocycles. The molecule has 0 spiro atoms. The van der Waals surface area contributed by atoms with Crippen molar-refractivity contribution in [2.45, 2.75) is 19.3 Å². The molecule has 1 atom stereocenters. The van der Waals surface area contributed by atoms with Gasteiger partial charge in [-0.1, -0.05) is 0 Å². The highest BCUT2D eigenvalue weighted by molar-refractivity contribution is 9.10. The van der Waals surface area contributed by atoms with E-state index in [0.29, 0.717) is 28.9 Å². The molecular weight excluding hydrogens is 338 g/mol. The summed E-state index contributed by atoms with van der Waals surface area (Å²) in [4.78, 5) is 25.2. The molecule has 1 saturated heterocycles. The first-order valence-electron chi connectivity index (χ1n) is 6.86. The number of rotatable bonds is 4. The molecule has 0 bridgehead atoms. The molecule has 1 aromatic rings. The number of piperidine rings is 1. The number of carboxylic acids is 1. The lowest BCUT2D eigenvalue weighted by atomic mass is 9.94. The van der Waals surface area contributed by atoms with Gasteiger partial charge in [-0.05, 0) is 52.9 Å². The molecule has 1 aliphatic heterocycles. The monoisotopic (exact) mass is 355 g/mol. The van der Waals surface area contributed by atoms with Gasteiger partial charge < -0.3 is 14.7 Å². The largest absolute Gasteiger partial charge is 0.497 e. The number of amides is 1. The van der Waals surface area contributed by atoms with Crippen LogP contribution in [0.4, 0.5) is 0 Å². The van der Waals surface area contributed by atoms with E-state index in [1.54, 1.807) is 30.2 Å². The molecule has 1 N–H and O–H groups in total. The number of halogens is 1. The van der Waals surface area contributed by atoms with Crippen molar-refractivity contribution in [1.82, 2.24) is 4.90 Å². The number of methoxy groups -OCH3 is 1. The first-order chi connectivity index (χ1) is 10.0. The summed E-state index contributed by atoms with van der Waals surface area (Å²) in [5.74, 6) is -0.238. The maximum absolute atomic E-state index is 12.6. The topological polar surface area (TPSA) is 66.8 Å². The van der Waals surface area contributed by atoms with Crippen molar-refractivity contribution in [2.75, 3.05) is 20.2 Å². The quantitative estimate of drug-likeness (QED) is 0.901. The molecule has 21 heavy (non-hydrogen) atoms. The molecule has 6 heteroatoms. The predicted molar refractivity (Wildman–Crippen MR) is 81.6 cm³/mol. The minimum absolute atomic E-state index is 0.0320. The van der Waals surface area contributed by atoms with Crippen molar-refractivity contribution in [3.8, 4) is 5.75 Å². The lowest BCUT2D eigenvalue weighted by Gasteiger charge is -2.32. The second-order valence-electron chi connectivity index (χ2n) is 5.20. The van der Waals surface area contributed by atoms with Crippen LogP contribution in [0.25, 0.3) is 0 Å². The van der Waals surface area contributed by atoms with E-state index in [2.05, 4.69) is 15.9 Å². The van der Waals surface area contributed by atoms with E-state index in [0.717, 1.165) is 12.8 Å². The Kier molecular flexibility index (Phi) is 5.22. The van der Waals surface area contributed by atoms with Crippen molar-refractivity contribution in [3.63, 3.8) is 0 Å². The van der Waals surface area contributed by atoms with Crippen LogP contribution in [-0.2, 0) is 4.79 Å². The Balaban J connectivity index is 2.13. The summed E-state index contributed by atoms with van der Waals surface area (Å²) in [6, 6.07) is 5.27. The summed E-state index contributed by atoms with van der Waals surface area (Å²) < 4.78 is 5.87. The SMILES string of the molecule is COc1ccc(Br)c(C(=O)N2CCCC(CC(=O)O)C2)c1. The van der Waals surface area contributed by atoms with Crippen molar-refractivity contribution in [2.24, 2.45) is 5.92 Å². The second kappa shape index (κ2) is 6.93. The van der Waals surface area contributed by atoms with Gasteiger partial charge in [-0.15, -0.1) is 0 Å². The molecule has 0 saturated carbocycles. The van der Waals surface area contributed by atoms with Crippen molar-refractivity contribution in [3.05, 3.63) is 28.2 Å². The highest BCUT2D eigenvalue weighted by atomic mass is 79.9. The molecule has 2 rings (SSSR count). The molecule has 5 nitrogen and oxygen atoms in total. The van der Waals surface area contributed by atoms with Gasteiger partial charge in [0.1, 0.15) is 5.75 Å². The van der Waals surface area contributed by atoms with Crippen molar-refractivity contribution < 1.29 is 19.4 Å². The van der Waals surface area contributed by atoms with Gasteiger partial charge in [0.15, 0.2) is 0 Å². The van der Waals surface area contributed by atoms with Gasteiger partial charge in [0, 0.05) is 24.0 Å². The molecular formula is C15H18BrNO4. The molecule has 1 fully saturated rings. The summed E-state index contributed by atoms with van der Waals surface area (Å²) in [7, 11) is 1.56. The number of carbonyl (C=O) groups is 2. The van der Waals surface area contributed by atoms with Crippen LogP contribution in [0.3, 0.4) is 0 Å². The van der Waals surface area contributed by atoms with E-state index in [9.17, 15) is 9.59 Å². The molecule has 0 aromatic heterocycles. The van der Waals surface area contributed by atoms with Crippen LogP contribution in [0.2, 0.25) is 0 Å². The number of ether oxygens (including phenoxy) is 1. The number of aliphatic carboxylic acids is 1. The Labute approximate surface area is 132 Å². The number of carbonyl (C=O) groups excluding carboxylic acids is 1. The predicted octanol–water partition coefficient (Wildman–Crippen LogP) is 2.78. The lowest BCUT2D eigenvalue weighted by molar-refractivity contribution is -0.138. The molecule has 1 unspecified atom stereocenters. The number of nitrogens with zero attached hydrogens (tertiary/aromatic N) is 1. The van der Waals surface area contributed by atoms with Crippen molar-refractivity contribution >= 4 is 27.8 Å². The fourth-order valence-corrected chi connectivity index (χ4v) is 3.04. The molecule has 1 amide bonds. The minimum Gasteiger partial charge on any atom is -0.497 e. The van der Waals surface area contributed by atoms with Crippen LogP contribution < -0.4 is 4.74 Å².